The van der Waals surface area contributed by atoms with Crippen molar-refractivity contribution in [3.8, 4) is 0 Å². The van der Waals surface area contributed by atoms with Gasteiger partial charge in [0.1, 0.15) is 0 Å². The van der Waals surface area contributed by atoms with E-state index in [1.54, 1.807) is 0 Å². The van der Waals surface area contributed by atoms with Crippen LogP contribution in [0.3, 0.4) is 0 Å². The van der Waals surface area contributed by atoms with Crippen molar-refractivity contribution in [2.75, 3.05) is 6.54 Å². The number of aliphatic imine (C=N–C) groups is 1. The van der Waals surface area contributed by atoms with Crippen molar-refractivity contribution in [1.29, 1.82) is 0 Å². The van der Waals surface area contributed by atoms with E-state index in [9.17, 15) is 19.2 Å². The van der Waals surface area contributed by atoms with Crippen LogP contribution in [0, 0.1) is 0 Å². The van der Waals surface area contributed by atoms with E-state index < -0.39 is 23.7 Å². The Bertz CT molecular complexity index is 556. The predicted molar refractivity (Wildman–Crippen MR) is 116 cm³/mol. The number of nitrogens with zero attached hydrogens (tertiary/aromatic N) is 1. The van der Waals surface area contributed by atoms with Crippen LogP contribution < -0.4 is 0 Å². The first-order chi connectivity index (χ1) is 14.4. The van der Waals surface area contributed by atoms with Crippen LogP contribution in [0.15, 0.2) is 4.99 Å². The van der Waals surface area contributed by atoms with Gasteiger partial charge in [-0.25, -0.2) is 4.79 Å². The Hall–Kier alpha value is -2.05. The average molecular weight is 426 g/mol. The first-order valence-electron chi connectivity index (χ1n) is 11.3. The second-order valence-electron chi connectivity index (χ2n) is 7.58. The molecule has 0 aromatic carbocycles. The summed E-state index contributed by atoms with van der Waals surface area (Å²) >= 11 is 0. The van der Waals surface area contributed by atoms with Crippen molar-refractivity contribution in [3.63, 3.8) is 0 Å². The van der Waals surface area contributed by atoms with Gasteiger partial charge in [0.25, 0.3) is 0 Å². The van der Waals surface area contributed by atoms with Gasteiger partial charge in [0.15, 0.2) is 5.90 Å². The summed E-state index contributed by atoms with van der Waals surface area (Å²) in [5.74, 6) is -3.14. The molecule has 0 spiro atoms. The molecule has 30 heavy (non-hydrogen) atoms. The minimum absolute atomic E-state index is 0.00336. The Morgan fingerprint density at radius 2 is 1.17 bits per heavy atom. The van der Waals surface area contributed by atoms with Gasteiger partial charge >= 0.3 is 17.9 Å². The number of ether oxygens (including phenoxy) is 2. The zero-order valence-corrected chi connectivity index (χ0v) is 19.0. The van der Waals surface area contributed by atoms with E-state index in [4.69, 9.17) is 4.74 Å². The molecule has 7 heteroatoms. The first kappa shape index (κ1) is 27.9. The highest BCUT2D eigenvalue weighted by Crippen LogP contribution is 2.12. The van der Waals surface area contributed by atoms with Crippen molar-refractivity contribution >= 4 is 29.6 Å². The molecule has 0 saturated carbocycles. The lowest BCUT2D eigenvalue weighted by molar-refractivity contribution is -0.158. The Balaban J connectivity index is 4.02. The van der Waals surface area contributed by atoms with Crippen LogP contribution >= 0.6 is 0 Å². The summed E-state index contributed by atoms with van der Waals surface area (Å²) in [7, 11) is 0. The zero-order valence-electron chi connectivity index (χ0n) is 19.0. The molecule has 0 unspecified atom stereocenters. The van der Waals surface area contributed by atoms with Gasteiger partial charge in [0, 0.05) is 26.8 Å². The van der Waals surface area contributed by atoms with Gasteiger partial charge in [-0.2, -0.15) is 0 Å². The summed E-state index contributed by atoms with van der Waals surface area (Å²) < 4.78 is 9.38. The number of ketones is 1. The van der Waals surface area contributed by atoms with Crippen LogP contribution in [0.2, 0.25) is 0 Å². The fourth-order valence-corrected chi connectivity index (χ4v) is 2.92. The Labute approximate surface area is 181 Å². The van der Waals surface area contributed by atoms with Crippen molar-refractivity contribution in [3.05, 3.63) is 0 Å². The van der Waals surface area contributed by atoms with Gasteiger partial charge < -0.3 is 9.47 Å². The smallest absolute Gasteiger partial charge is 0.380 e. The van der Waals surface area contributed by atoms with Crippen molar-refractivity contribution in [2.45, 2.75) is 111 Å². The molecule has 0 heterocycles. The van der Waals surface area contributed by atoms with Gasteiger partial charge in [0.05, 0.1) is 6.42 Å². The number of carbonyl (C=O) groups is 4. The largest absolute Gasteiger partial charge is 0.406 e. The second-order valence-corrected chi connectivity index (χ2v) is 7.58. The van der Waals surface area contributed by atoms with E-state index in [0.717, 1.165) is 33.1 Å². The van der Waals surface area contributed by atoms with Crippen molar-refractivity contribution < 1.29 is 28.7 Å². The number of hydrogen-bond donors (Lipinski definition) is 0. The fourth-order valence-electron chi connectivity index (χ4n) is 2.92. The number of carbonyl (C=O) groups excluding carboxylic acids is 4. The quantitative estimate of drug-likeness (QED) is 0.0804. The lowest BCUT2D eigenvalue weighted by Crippen LogP contribution is -2.20. The second kappa shape index (κ2) is 18.9. The van der Waals surface area contributed by atoms with Gasteiger partial charge in [-0.1, -0.05) is 77.6 Å². The summed E-state index contributed by atoms with van der Waals surface area (Å²) in [4.78, 5) is 49.0. The molecule has 0 amide bonds. The highest BCUT2D eigenvalue weighted by atomic mass is 16.6. The van der Waals surface area contributed by atoms with Crippen LogP contribution in [0.1, 0.15) is 111 Å². The van der Waals surface area contributed by atoms with E-state index in [2.05, 4.69) is 16.7 Å². The monoisotopic (exact) mass is 425 g/mol. The molecule has 0 aromatic rings. The topological polar surface area (TPSA) is 99.1 Å². The number of rotatable bonds is 17. The zero-order chi connectivity index (χ0) is 22.6. The highest BCUT2D eigenvalue weighted by Gasteiger charge is 2.16. The maximum atomic E-state index is 11.5. The third-order valence-corrected chi connectivity index (χ3v) is 4.60. The van der Waals surface area contributed by atoms with Gasteiger partial charge in [-0.15, -0.1) is 0 Å². The van der Waals surface area contributed by atoms with Gasteiger partial charge in [-0.05, 0) is 6.42 Å². The van der Waals surface area contributed by atoms with Crippen LogP contribution in [0.4, 0.5) is 0 Å². The molecular formula is C23H39NO6. The van der Waals surface area contributed by atoms with Crippen LogP contribution in [0.25, 0.3) is 0 Å². The molecule has 0 aliphatic heterocycles. The number of esters is 3. The molecule has 0 fully saturated rings. The number of hydrogen-bond acceptors (Lipinski definition) is 7. The van der Waals surface area contributed by atoms with E-state index >= 15 is 0 Å². The maximum Gasteiger partial charge on any atom is 0.380 e. The van der Waals surface area contributed by atoms with Gasteiger partial charge in [0.2, 0.25) is 5.78 Å². The van der Waals surface area contributed by atoms with E-state index in [1.807, 2.05) is 0 Å². The molecule has 0 aromatic heterocycles. The molecule has 0 N–H and O–H groups in total. The number of unbranched alkanes of at least 4 members (excludes halogenated alkanes) is 11. The summed E-state index contributed by atoms with van der Waals surface area (Å²) in [6.07, 6.45) is 14.7. The molecule has 172 valence electrons. The van der Waals surface area contributed by atoms with E-state index in [-0.39, 0.29) is 18.7 Å². The highest BCUT2D eigenvalue weighted by molar-refractivity contribution is 6.34. The SMILES string of the molecule is CCCCCCCCCCCCCCN=C(CCC(=O)OC(C)=O)OC(=O)C(C)=O. The van der Waals surface area contributed by atoms with E-state index in [0.29, 0.717) is 6.54 Å². The molecule has 0 atom stereocenters. The minimum Gasteiger partial charge on any atom is -0.406 e. The molecule has 0 radical (unpaired) electrons. The van der Waals surface area contributed by atoms with Crippen LogP contribution in [-0.2, 0) is 28.7 Å². The minimum atomic E-state index is -1.01. The Morgan fingerprint density at radius 3 is 1.63 bits per heavy atom. The number of Topliss-reactive ketones (excluding diaryl/α,β-unsaturated/α-hetero) is 1. The molecule has 0 saturated heterocycles. The van der Waals surface area contributed by atoms with Crippen LogP contribution in [0.5, 0.6) is 0 Å². The normalized spacial score (nSPS) is 11.2. The Morgan fingerprint density at radius 1 is 0.667 bits per heavy atom. The molecule has 0 aliphatic rings. The van der Waals surface area contributed by atoms with E-state index in [1.165, 1.54) is 57.8 Å². The molecule has 0 bridgehead atoms. The summed E-state index contributed by atoms with van der Waals surface area (Å²) in [6.45, 7) is 4.93. The summed E-state index contributed by atoms with van der Waals surface area (Å²) in [5, 5.41) is 0. The lowest BCUT2D eigenvalue weighted by atomic mass is 10.1. The summed E-state index contributed by atoms with van der Waals surface area (Å²) in [6, 6.07) is 0. The molecule has 0 rings (SSSR count). The lowest BCUT2D eigenvalue weighted by Gasteiger charge is -2.06. The molecule has 0 aliphatic carbocycles. The predicted octanol–water partition coefficient (Wildman–Crippen LogP) is 5.09. The molecular weight excluding hydrogens is 386 g/mol. The van der Waals surface area contributed by atoms with Crippen molar-refractivity contribution in [1.82, 2.24) is 0 Å². The maximum absolute atomic E-state index is 11.5. The van der Waals surface area contributed by atoms with Crippen molar-refractivity contribution in [2.24, 2.45) is 4.99 Å². The Kier molecular flexibility index (Phi) is 17.7. The summed E-state index contributed by atoms with van der Waals surface area (Å²) in [5.41, 5.74) is 0. The van der Waals surface area contributed by atoms with Crippen LogP contribution in [-0.4, -0.2) is 36.1 Å². The standard InChI is InChI=1S/C23H39NO6/c1-4-5-6-7-8-9-10-11-12-13-14-15-18-24-21(30-23(28)19(2)25)16-17-22(27)29-20(3)26/h4-18H2,1-3H3. The van der Waals surface area contributed by atoms with Gasteiger partial charge in [-0.3, -0.25) is 19.4 Å². The first-order valence-corrected chi connectivity index (χ1v) is 11.3. The third kappa shape index (κ3) is 18.0. The average Bonchev–Trinajstić information content (AvgIpc) is 2.68. The third-order valence-electron chi connectivity index (χ3n) is 4.60. The fraction of sp³-hybridized carbons (Fsp3) is 0.783. The molecule has 7 nitrogen and oxygen atoms in total.